The zero-order valence-electron chi connectivity index (χ0n) is 14.3. The first-order valence-corrected chi connectivity index (χ1v) is 8.79. The maximum Gasteiger partial charge on any atom is 0.221 e. The number of carbonyl (C=O) groups excluding carboxylic acids is 1. The van der Waals surface area contributed by atoms with E-state index in [9.17, 15) is 4.79 Å². The zero-order chi connectivity index (χ0) is 18.1. The number of halogens is 2. The highest BCUT2D eigenvalue weighted by Gasteiger charge is 2.37. The maximum absolute atomic E-state index is 11.3. The van der Waals surface area contributed by atoms with Crippen molar-refractivity contribution in [1.29, 1.82) is 0 Å². The van der Waals surface area contributed by atoms with Gasteiger partial charge in [-0.25, -0.2) is 0 Å². The van der Waals surface area contributed by atoms with Crippen LogP contribution in [0.5, 0.6) is 5.75 Å². The summed E-state index contributed by atoms with van der Waals surface area (Å²) < 4.78 is 6.30. The molecule has 4 nitrogen and oxygen atoms in total. The number of ether oxygens (including phenoxy) is 1. The number of hydrogen-bond donors (Lipinski definition) is 1. The normalized spacial score (nSPS) is 19.0. The van der Waals surface area contributed by atoms with Crippen LogP contribution in [0.1, 0.15) is 24.2 Å². The molecule has 1 aliphatic carbocycles. The maximum atomic E-state index is 11.3. The van der Waals surface area contributed by atoms with Gasteiger partial charge in [-0.05, 0) is 50.3 Å². The molecule has 1 amide bonds. The van der Waals surface area contributed by atoms with Gasteiger partial charge in [0.2, 0.25) is 5.91 Å². The summed E-state index contributed by atoms with van der Waals surface area (Å²) in [6, 6.07) is 11.2. The van der Waals surface area contributed by atoms with Gasteiger partial charge in [-0.15, -0.1) is 0 Å². The van der Waals surface area contributed by atoms with Gasteiger partial charge in [0.1, 0.15) is 11.9 Å². The fourth-order valence-corrected chi connectivity index (χ4v) is 3.88. The van der Waals surface area contributed by atoms with Crippen molar-refractivity contribution in [1.82, 2.24) is 4.90 Å². The summed E-state index contributed by atoms with van der Waals surface area (Å²) in [5.41, 5.74) is 2.79. The van der Waals surface area contributed by atoms with Crippen LogP contribution in [0.25, 0.3) is 0 Å². The van der Waals surface area contributed by atoms with E-state index >= 15 is 0 Å². The Labute approximate surface area is 157 Å². The molecule has 2 atom stereocenters. The van der Waals surface area contributed by atoms with E-state index in [0.717, 1.165) is 17.5 Å². The largest absolute Gasteiger partial charge is 0.484 e. The van der Waals surface area contributed by atoms with E-state index in [1.165, 1.54) is 6.92 Å². The number of anilines is 1. The van der Waals surface area contributed by atoms with Gasteiger partial charge in [0.15, 0.2) is 0 Å². The van der Waals surface area contributed by atoms with Crippen LogP contribution in [-0.2, 0) is 11.2 Å². The number of carbonyl (C=O) groups is 1. The summed E-state index contributed by atoms with van der Waals surface area (Å²) in [6.45, 7) is 1.48. The summed E-state index contributed by atoms with van der Waals surface area (Å²) in [7, 11) is 4.05. The van der Waals surface area contributed by atoms with E-state index in [4.69, 9.17) is 27.9 Å². The first-order chi connectivity index (χ1) is 11.8. The van der Waals surface area contributed by atoms with Gasteiger partial charge in [-0.1, -0.05) is 29.3 Å². The lowest BCUT2D eigenvalue weighted by Gasteiger charge is -2.27. The smallest absolute Gasteiger partial charge is 0.221 e. The predicted octanol–water partition coefficient (Wildman–Crippen LogP) is 4.56. The SMILES string of the molecule is CC(=O)Nc1cccc(O[C@H]2c3c(Cl)cc(Cl)cc3C[C@@H]2N(C)C)c1. The monoisotopic (exact) mass is 378 g/mol. The number of amides is 1. The fraction of sp³-hybridized carbons (Fsp3) is 0.316. The van der Waals surface area contributed by atoms with Crippen LogP contribution in [0.15, 0.2) is 36.4 Å². The third kappa shape index (κ3) is 3.92. The molecule has 0 aromatic heterocycles. The van der Waals surface area contributed by atoms with Gasteiger partial charge in [-0.3, -0.25) is 4.79 Å². The van der Waals surface area contributed by atoms with Crippen molar-refractivity contribution in [2.75, 3.05) is 19.4 Å². The van der Waals surface area contributed by atoms with Crippen LogP contribution in [-0.4, -0.2) is 30.9 Å². The molecule has 1 N–H and O–H groups in total. The Morgan fingerprint density at radius 2 is 2.00 bits per heavy atom. The number of fused-ring (bicyclic) bond motifs is 1. The van der Waals surface area contributed by atoms with Gasteiger partial charge in [-0.2, -0.15) is 0 Å². The van der Waals surface area contributed by atoms with Crippen molar-refractivity contribution < 1.29 is 9.53 Å². The van der Waals surface area contributed by atoms with Crippen molar-refractivity contribution in [3.63, 3.8) is 0 Å². The lowest BCUT2D eigenvalue weighted by atomic mass is 10.1. The predicted molar refractivity (Wildman–Crippen MR) is 102 cm³/mol. The lowest BCUT2D eigenvalue weighted by molar-refractivity contribution is -0.114. The average Bonchev–Trinajstić information content (AvgIpc) is 2.85. The molecule has 0 bridgehead atoms. The molecule has 0 heterocycles. The van der Waals surface area contributed by atoms with Gasteiger partial charge in [0.05, 0.1) is 6.04 Å². The molecular weight excluding hydrogens is 359 g/mol. The summed E-state index contributed by atoms with van der Waals surface area (Å²) in [5, 5.41) is 4.02. The number of benzene rings is 2. The highest BCUT2D eigenvalue weighted by molar-refractivity contribution is 6.35. The molecular formula is C19H20Cl2N2O2. The zero-order valence-corrected chi connectivity index (χ0v) is 15.9. The third-order valence-corrected chi connectivity index (χ3v) is 4.85. The molecule has 0 spiro atoms. The molecule has 0 saturated carbocycles. The third-order valence-electron chi connectivity index (χ3n) is 4.32. The molecule has 25 heavy (non-hydrogen) atoms. The molecule has 0 unspecified atom stereocenters. The number of nitrogens with zero attached hydrogens (tertiary/aromatic N) is 1. The highest BCUT2D eigenvalue weighted by atomic mass is 35.5. The van der Waals surface area contributed by atoms with E-state index in [0.29, 0.717) is 21.5 Å². The molecule has 0 saturated heterocycles. The Bertz CT molecular complexity index is 808. The Kier molecular flexibility index (Phi) is 5.23. The van der Waals surface area contributed by atoms with Crippen molar-refractivity contribution in [3.05, 3.63) is 57.6 Å². The van der Waals surface area contributed by atoms with Crippen LogP contribution in [0.2, 0.25) is 10.0 Å². The first-order valence-electron chi connectivity index (χ1n) is 8.03. The van der Waals surface area contributed by atoms with Crippen LogP contribution in [0.4, 0.5) is 5.69 Å². The van der Waals surface area contributed by atoms with Gasteiger partial charge >= 0.3 is 0 Å². The average molecular weight is 379 g/mol. The van der Waals surface area contributed by atoms with Gasteiger partial charge < -0.3 is 15.0 Å². The standard InChI is InChI=1S/C19H20Cl2N2O2/c1-11(24)22-14-5-4-6-15(10-14)25-19-17(23(2)3)8-12-7-13(20)9-16(21)18(12)19/h4-7,9-10,17,19H,8H2,1-3H3,(H,22,24)/t17-,19+/m0/s1. The summed E-state index contributed by atoms with van der Waals surface area (Å²) in [4.78, 5) is 13.4. The number of rotatable bonds is 4. The fourth-order valence-electron chi connectivity index (χ4n) is 3.24. The van der Waals surface area contributed by atoms with Gasteiger partial charge in [0, 0.05) is 34.3 Å². The van der Waals surface area contributed by atoms with Crippen LogP contribution in [0.3, 0.4) is 0 Å². The number of hydrogen-bond acceptors (Lipinski definition) is 3. The van der Waals surface area contributed by atoms with Crippen molar-refractivity contribution in [3.8, 4) is 5.75 Å². The molecule has 0 fully saturated rings. The van der Waals surface area contributed by atoms with Gasteiger partial charge in [0.25, 0.3) is 0 Å². The van der Waals surface area contributed by atoms with E-state index in [1.54, 1.807) is 6.07 Å². The lowest BCUT2D eigenvalue weighted by Crippen LogP contribution is -2.34. The number of nitrogens with one attached hydrogen (secondary N) is 1. The Hall–Kier alpha value is -1.75. The van der Waals surface area contributed by atoms with Crippen molar-refractivity contribution >= 4 is 34.8 Å². The second kappa shape index (κ2) is 7.24. The van der Waals surface area contributed by atoms with E-state index in [2.05, 4.69) is 10.2 Å². The second-order valence-electron chi connectivity index (χ2n) is 6.44. The topological polar surface area (TPSA) is 41.6 Å². The van der Waals surface area contributed by atoms with E-state index in [-0.39, 0.29) is 18.1 Å². The number of likely N-dealkylation sites (N-methyl/N-ethyl adjacent to an activating group) is 1. The van der Waals surface area contributed by atoms with Crippen LogP contribution in [0, 0.1) is 0 Å². The van der Waals surface area contributed by atoms with E-state index < -0.39 is 0 Å². The van der Waals surface area contributed by atoms with Crippen LogP contribution >= 0.6 is 23.2 Å². The minimum Gasteiger partial charge on any atom is -0.484 e. The first kappa shape index (κ1) is 18.1. The molecule has 132 valence electrons. The summed E-state index contributed by atoms with van der Waals surface area (Å²) >= 11 is 12.6. The second-order valence-corrected chi connectivity index (χ2v) is 7.29. The van der Waals surface area contributed by atoms with Crippen molar-refractivity contribution in [2.24, 2.45) is 0 Å². The molecule has 2 aromatic carbocycles. The highest BCUT2D eigenvalue weighted by Crippen LogP contribution is 2.42. The molecule has 2 aromatic rings. The molecule has 1 aliphatic rings. The molecule has 0 aliphatic heterocycles. The van der Waals surface area contributed by atoms with Crippen molar-refractivity contribution in [2.45, 2.75) is 25.5 Å². The molecule has 3 rings (SSSR count). The summed E-state index contributed by atoms with van der Waals surface area (Å²) in [6.07, 6.45) is 0.612. The molecule has 0 radical (unpaired) electrons. The Morgan fingerprint density at radius 1 is 1.24 bits per heavy atom. The quantitative estimate of drug-likeness (QED) is 0.847. The summed E-state index contributed by atoms with van der Waals surface area (Å²) in [5.74, 6) is 0.564. The minimum atomic E-state index is -0.206. The Balaban J connectivity index is 1.94. The van der Waals surface area contributed by atoms with Crippen LogP contribution < -0.4 is 10.1 Å². The van der Waals surface area contributed by atoms with E-state index in [1.807, 2.05) is 44.4 Å². The molecule has 6 heteroatoms. The Morgan fingerprint density at radius 3 is 2.68 bits per heavy atom. The minimum absolute atomic E-state index is 0.118.